The maximum atomic E-state index is 6.00. The second kappa shape index (κ2) is 4.29. The van der Waals surface area contributed by atoms with Gasteiger partial charge in [-0.3, -0.25) is 5.73 Å². The van der Waals surface area contributed by atoms with E-state index in [4.69, 9.17) is 5.73 Å². The fraction of sp³-hybridized carbons (Fsp3) is 1.00. The zero-order chi connectivity index (χ0) is 7.61. The third-order valence-electron chi connectivity index (χ3n) is 2.94. The molecular formula is C8H19ClN2. The van der Waals surface area contributed by atoms with Gasteiger partial charge in [-0.2, -0.15) is 0 Å². The fourth-order valence-electron chi connectivity index (χ4n) is 1.70. The summed E-state index contributed by atoms with van der Waals surface area (Å²) in [5, 5.41) is 0. The molecule has 68 valence electrons. The first-order valence-corrected chi connectivity index (χ1v) is 4.29. The third kappa shape index (κ3) is 2.32. The van der Waals surface area contributed by atoms with Gasteiger partial charge in [0, 0.05) is 6.42 Å². The molecule has 0 aromatic rings. The van der Waals surface area contributed by atoms with E-state index in [1.54, 1.807) is 0 Å². The van der Waals surface area contributed by atoms with Crippen LogP contribution in [0.3, 0.4) is 0 Å². The minimum atomic E-state index is 0. The number of hydrogen-bond donors (Lipinski definition) is 1. The summed E-state index contributed by atoms with van der Waals surface area (Å²) in [7, 11) is 2.27. The molecule has 2 atom stereocenters. The molecule has 2 nitrogen and oxygen atoms in total. The zero-order valence-corrected chi connectivity index (χ0v) is 8.27. The van der Waals surface area contributed by atoms with Gasteiger partial charge in [0.25, 0.3) is 0 Å². The predicted octanol–water partition coefficient (Wildman–Crippen LogP) is -2.07. The maximum absolute atomic E-state index is 6.00. The van der Waals surface area contributed by atoms with Gasteiger partial charge in [0.05, 0.1) is 20.1 Å². The minimum Gasteiger partial charge on any atom is -1.00 e. The Labute approximate surface area is 75.8 Å². The second-order valence-corrected chi connectivity index (χ2v) is 3.58. The molecule has 2 N–H and O–H groups in total. The van der Waals surface area contributed by atoms with Crippen molar-refractivity contribution in [1.29, 1.82) is 0 Å². The van der Waals surface area contributed by atoms with Crippen LogP contribution < -0.4 is 18.1 Å². The molecule has 0 aliphatic carbocycles. The molecule has 0 bridgehead atoms. The van der Waals surface area contributed by atoms with Crippen molar-refractivity contribution in [2.75, 3.05) is 20.1 Å². The summed E-state index contributed by atoms with van der Waals surface area (Å²) in [6, 6.07) is 0. The maximum Gasteiger partial charge on any atom is 0.140 e. The quantitative estimate of drug-likeness (QED) is 0.459. The molecule has 0 spiro atoms. The molecule has 11 heavy (non-hydrogen) atoms. The lowest BCUT2D eigenvalue weighted by molar-refractivity contribution is -0.936. The van der Waals surface area contributed by atoms with Gasteiger partial charge in [0.15, 0.2) is 0 Å². The number of nitrogens with zero attached hydrogens (tertiary/aromatic N) is 1. The summed E-state index contributed by atoms with van der Waals surface area (Å²) in [5.41, 5.74) is 6.00. The van der Waals surface area contributed by atoms with Crippen LogP contribution in [-0.2, 0) is 0 Å². The van der Waals surface area contributed by atoms with Crippen molar-refractivity contribution in [1.82, 2.24) is 0 Å². The molecule has 1 rings (SSSR count). The summed E-state index contributed by atoms with van der Waals surface area (Å²) < 4.78 is 1.08. The molecule has 1 aliphatic heterocycles. The monoisotopic (exact) mass is 178 g/mol. The summed E-state index contributed by atoms with van der Waals surface area (Å²) >= 11 is 0. The second-order valence-electron chi connectivity index (χ2n) is 3.58. The van der Waals surface area contributed by atoms with Crippen LogP contribution in [0.4, 0.5) is 0 Å². The predicted molar refractivity (Wildman–Crippen MR) is 43.4 cm³/mol. The van der Waals surface area contributed by atoms with Crippen LogP contribution in [-0.4, -0.2) is 30.8 Å². The fourth-order valence-corrected chi connectivity index (χ4v) is 1.70. The molecule has 0 radical (unpaired) electrons. The molecule has 2 unspecified atom stereocenters. The van der Waals surface area contributed by atoms with Gasteiger partial charge in [-0.15, -0.1) is 0 Å². The van der Waals surface area contributed by atoms with E-state index in [2.05, 4.69) is 14.0 Å². The number of rotatable bonds is 1. The van der Waals surface area contributed by atoms with Crippen molar-refractivity contribution >= 4 is 0 Å². The highest BCUT2D eigenvalue weighted by atomic mass is 35.5. The van der Waals surface area contributed by atoms with Crippen molar-refractivity contribution in [3.63, 3.8) is 0 Å². The van der Waals surface area contributed by atoms with Crippen LogP contribution in [0.1, 0.15) is 26.2 Å². The Hall–Kier alpha value is 0.210. The lowest BCUT2D eigenvalue weighted by Crippen LogP contribution is -3.00. The average molecular weight is 179 g/mol. The molecule has 3 heteroatoms. The van der Waals surface area contributed by atoms with Crippen LogP contribution in [0, 0.1) is 0 Å². The molecule has 0 aromatic carbocycles. The van der Waals surface area contributed by atoms with E-state index < -0.39 is 0 Å². The van der Waals surface area contributed by atoms with Crippen molar-refractivity contribution in [3.05, 3.63) is 0 Å². The first-order valence-electron chi connectivity index (χ1n) is 4.29. The van der Waals surface area contributed by atoms with E-state index in [-0.39, 0.29) is 12.4 Å². The Morgan fingerprint density at radius 2 is 2.09 bits per heavy atom. The van der Waals surface area contributed by atoms with Gasteiger partial charge in [-0.25, -0.2) is 0 Å². The van der Waals surface area contributed by atoms with Crippen molar-refractivity contribution < 1.29 is 16.9 Å². The van der Waals surface area contributed by atoms with Crippen LogP contribution in [0.5, 0.6) is 0 Å². The van der Waals surface area contributed by atoms with Crippen LogP contribution in [0.25, 0.3) is 0 Å². The Kier molecular flexibility index (Phi) is 4.37. The van der Waals surface area contributed by atoms with Gasteiger partial charge >= 0.3 is 0 Å². The van der Waals surface area contributed by atoms with Crippen LogP contribution in [0.15, 0.2) is 0 Å². The molecule has 0 amide bonds. The highest BCUT2D eigenvalue weighted by Crippen LogP contribution is 2.19. The Balaban J connectivity index is 0.000001000. The van der Waals surface area contributed by atoms with Gasteiger partial charge in [-0.05, 0) is 19.8 Å². The van der Waals surface area contributed by atoms with E-state index in [0.29, 0.717) is 6.17 Å². The largest absolute Gasteiger partial charge is 1.00 e. The summed E-state index contributed by atoms with van der Waals surface area (Å²) in [4.78, 5) is 0. The molecule has 1 aliphatic rings. The van der Waals surface area contributed by atoms with Gasteiger partial charge in [0.2, 0.25) is 0 Å². The van der Waals surface area contributed by atoms with Crippen molar-refractivity contribution in [2.24, 2.45) is 5.73 Å². The van der Waals surface area contributed by atoms with E-state index in [1.807, 2.05) is 0 Å². The van der Waals surface area contributed by atoms with Gasteiger partial charge in [-0.1, -0.05) is 0 Å². The van der Waals surface area contributed by atoms with Crippen molar-refractivity contribution in [2.45, 2.75) is 32.4 Å². The first-order chi connectivity index (χ1) is 4.69. The number of halogens is 1. The Morgan fingerprint density at radius 1 is 1.45 bits per heavy atom. The lowest BCUT2D eigenvalue weighted by Gasteiger charge is -2.42. The number of likely N-dealkylation sites (tertiary alicyclic amines) is 1. The molecule has 1 saturated heterocycles. The third-order valence-corrected chi connectivity index (χ3v) is 2.94. The summed E-state index contributed by atoms with van der Waals surface area (Å²) in [6.45, 7) is 4.68. The van der Waals surface area contributed by atoms with E-state index in [1.165, 1.54) is 32.4 Å². The van der Waals surface area contributed by atoms with Crippen molar-refractivity contribution in [3.8, 4) is 0 Å². The summed E-state index contributed by atoms with van der Waals surface area (Å²) in [5.74, 6) is 0. The van der Waals surface area contributed by atoms with Gasteiger partial charge in [0.1, 0.15) is 6.17 Å². The summed E-state index contributed by atoms with van der Waals surface area (Å²) in [6.07, 6.45) is 4.30. The topological polar surface area (TPSA) is 26.0 Å². The average Bonchev–Trinajstić information content (AvgIpc) is 1.96. The SMILES string of the molecule is CC[N+]1(C)CCCCC1N.[Cl-]. The van der Waals surface area contributed by atoms with E-state index >= 15 is 0 Å². The molecule has 0 aromatic heterocycles. The minimum absolute atomic E-state index is 0. The lowest BCUT2D eigenvalue weighted by atomic mass is 10.1. The van der Waals surface area contributed by atoms with E-state index in [9.17, 15) is 0 Å². The standard InChI is InChI=1S/C8H19N2.ClH/c1-3-10(2)7-5-4-6-8(10)9;/h8H,3-7,9H2,1-2H3;1H/q+1;/p-1. The number of nitrogens with two attached hydrogens (primary N) is 1. The highest BCUT2D eigenvalue weighted by molar-refractivity contribution is 4.58. The number of hydrogen-bond acceptors (Lipinski definition) is 1. The Bertz CT molecular complexity index is 119. The molecule has 1 fully saturated rings. The zero-order valence-electron chi connectivity index (χ0n) is 7.52. The number of quaternary nitrogens is 1. The highest BCUT2D eigenvalue weighted by Gasteiger charge is 2.30. The normalized spacial score (nSPS) is 37.9. The number of piperidine rings is 1. The Morgan fingerprint density at radius 3 is 2.45 bits per heavy atom. The first kappa shape index (κ1) is 11.2. The van der Waals surface area contributed by atoms with Crippen LogP contribution >= 0.6 is 0 Å². The van der Waals surface area contributed by atoms with E-state index in [0.717, 1.165) is 4.48 Å². The molecule has 1 heterocycles. The van der Waals surface area contributed by atoms with Gasteiger partial charge < -0.3 is 16.9 Å². The molecule has 0 saturated carbocycles. The van der Waals surface area contributed by atoms with Crippen LogP contribution in [0.2, 0.25) is 0 Å². The molecular weight excluding hydrogens is 160 g/mol. The smallest absolute Gasteiger partial charge is 0.140 e.